The lowest BCUT2D eigenvalue weighted by molar-refractivity contribution is -0.137. The molecular weight excluding hydrogens is 328 g/mol. The molecule has 0 radical (unpaired) electrons. The summed E-state index contributed by atoms with van der Waals surface area (Å²) in [6, 6.07) is 7.48. The summed E-state index contributed by atoms with van der Waals surface area (Å²) in [5.41, 5.74) is 1.79. The number of hydrogen-bond donors (Lipinski definition) is 0. The number of imide groups is 1. The highest BCUT2D eigenvalue weighted by Crippen LogP contribution is 2.37. The molecular formula is C21H28N2O3. The molecule has 1 fully saturated rings. The first-order valence-electron chi connectivity index (χ1n) is 9.67. The molecule has 26 heavy (non-hydrogen) atoms. The predicted molar refractivity (Wildman–Crippen MR) is 102 cm³/mol. The zero-order valence-corrected chi connectivity index (χ0v) is 15.8. The molecule has 1 saturated heterocycles. The van der Waals surface area contributed by atoms with Crippen molar-refractivity contribution in [2.24, 2.45) is 0 Å². The van der Waals surface area contributed by atoms with Crippen molar-refractivity contribution in [3.05, 3.63) is 35.5 Å². The number of carbonyl (C=O) groups excluding carboxylic acids is 2. The highest BCUT2D eigenvalue weighted by molar-refractivity contribution is 6.36. The molecule has 0 bridgehead atoms. The average molecular weight is 356 g/mol. The first kappa shape index (κ1) is 18.5. The third kappa shape index (κ3) is 3.48. The third-order valence-electron chi connectivity index (χ3n) is 5.18. The minimum absolute atomic E-state index is 0.145. The molecule has 0 aliphatic carbocycles. The number of methoxy groups -OCH3 is 1. The molecule has 2 aliphatic heterocycles. The standard InChI is InChI=1S/C21H28N2O3/c1-3-4-8-15-23-20(24)18(16-11-6-7-12-17(16)26-2)19(21(23)25)22-13-9-5-10-14-22/h6-7,11-12H,3-5,8-10,13-15H2,1-2H3. The molecule has 3 rings (SSSR count). The van der Waals surface area contributed by atoms with Gasteiger partial charge < -0.3 is 9.64 Å². The van der Waals surface area contributed by atoms with Gasteiger partial charge in [0.2, 0.25) is 0 Å². The Balaban J connectivity index is 2.02. The van der Waals surface area contributed by atoms with Crippen molar-refractivity contribution in [1.29, 1.82) is 0 Å². The van der Waals surface area contributed by atoms with E-state index in [2.05, 4.69) is 11.8 Å². The van der Waals surface area contributed by atoms with Crippen LogP contribution in [0.15, 0.2) is 30.0 Å². The molecule has 1 aromatic carbocycles. The van der Waals surface area contributed by atoms with E-state index in [1.807, 2.05) is 24.3 Å². The number of likely N-dealkylation sites (tertiary alicyclic amines) is 1. The van der Waals surface area contributed by atoms with Gasteiger partial charge in [0, 0.05) is 25.2 Å². The summed E-state index contributed by atoms with van der Waals surface area (Å²) in [6.45, 7) is 4.26. The summed E-state index contributed by atoms with van der Waals surface area (Å²) < 4.78 is 5.48. The first-order valence-corrected chi connectivity index (χ1v) is 9.67. The van der Waals surface area contributed by atoms with Crippen LogP contribution in [0, 0.1) is 0 Å². The van der Waals surface area contributed by atoms with E-state index in [9.17, 15) is 9.59 Å². The maximum absolute atomic E-state index is 13.2. The summed E-state index contributed by atoms with van der Waals surface area (Å²) >= 11 is 0. The fourth-order valence-corrected chi connectivity index (χ4v) is 3.79. The molecule has 0 unspecified atom stereocenters. The zero-order valence-electron chi connectivity index (χ0n) is 15.8. The highest BCUT2D eigenvalue weighted by Gasteiger charge is 2.42. The minimum Gasteiger partial charge on any atom is -0.496 e. The van der Waals surface area contributed by atoms with Crippen LogP contribution >= 0.6 is 0 Å². The molecule has 140 valence electrons. The number of benzene rings is 1. The molecule has 5 heteroatoms. The van der Waals surface area contributed by atoms with Gasteiger partial charge in [-0.2, -0.15) is 0 Å². The molecule has 2 heterocycles. The molecule has 0 spiro atoms. The fraction of sp³-hybridized carbons (Fsp3) is 0.524. The maximum Gasteiger partial charge on any atom is 0.277 e. The number of nitrogens with zero attached hydrogens (tertiary/aromatic N) is 2. The number of ether oxygens (including phenoxy) is 1. The summed E-state index contributed by atoms with van der Waals surface area (Å²) in [6.07, 6.45) is 6.21. The molecule has 0 N–H and O–H groups in total. The Bertz CT molecular complexity index is 705. The van der Waals surface area contributed by atoms with Gasteiger partial charge in [-0.05, 0) is 31.7 Å². The second-order valence-corrected chi connectivity index (χ2v) is 6.94. The van der Waals surface area contributed by atoms with Gasteiger partial charge in [-0.3, -0.25) is 14.5 Å². The normalized spacial score (nSPS) is 18.1. The van der Waals surface area contributed by atoms with Crippen LogP contribution in [0.2, 0.25) is 0 Å². The second kappa shape index (κ2) is 8.39. The van der Waals surface area contributed by atoms with E-state index in [1.54, 1.807) is 7.11 Å². The first-order chi connectivity index (χ1) is 12.7. The van der Waals surface area contributed by atoms with Crippen LogP contribution in [0.1, 0.15) is 51.0 Å². The number of unbranched alkanes of at least 4 members (excludes halogenated alkanes) is 2. The Hall–Kier alpha value is -2.30. The van der Waals surface area contributed by atoms with Gasteiger partial charge in [-0.25, -0.2) is 0 Å². The predicted octanol–water partition coefficient (Wildman–Crippen LogP) is 3.45. The second-order valence-electron chi connectivity index (χ2n) is 6.94. The Morgan fingerprint density at radius 3 is 2.42 bits per heavy atom. The van der Waals surface area contributed by atoms with Crippen LogP contribution < -0.4 is 4.74 Å². The Morgan fingerprint density at radius 2 is 1.73 bits per heavy atom. The van der Waals surface area contributed by atoms with E-state index >= 15 is 0 Å². The van der Waals surface area contributed by atoms with E-state index in [4.69, 9.17) is 4.74 Å². The molecule has 5 nitrogen and oxygen atoms in total. The van der Waals surface area contributed by atoms with Gasteiger partial charge in [-0.1, -0.05) is 38.0 Å². The van der Waals surface area contributed by atoms with E-state index in [-0.39, 0.29) is 11.8 Å². The van der Waals surface area contributed by atoms with Crippen molar-refractivity contribution < 1.29 is 14.3 Å². The van der Waals surface area contributed by atoms with Crippen LogP contribution in [-0.4, -0.2) is 48.4 Å². The van der Waals surface area contributed by atoms with Crippen LogP contribution in [0.3, 0.4) is 0 Å². The summed E-state index contributed by atoms with van der Waals surface area (Å²) in [7, 11) is 1.60. The van der Waals surface area contributed by atoms with Gasteiger partial charge >= 0.3 is 0 Å². The SMILES string of the molecule is CCCCCN1C(=O)C(c2ccccc2OC)=C(N2CCCCC2)C1=O. The minimum atomic E-state index is -0.184. The van der Waals surface area contributed by atoms with Crippen molar-refractivity contribution >= 4 is 17.4 Å². The molecule has 0 saturated carbocycles. The molecule has 0 aromatic heterocycles. The average Bonchev–Trinajstić information content (AvgIpc) is 2.93. The molecule has 1 aromatic rings. The van der Waals surface area contributed by atoms with Crippen LogP contribution in [0.5, 0.6) is 5.75 Å². The van der Waals surface area contributed by atoms with Crippen LogP contribution in [0.25, 0.3) is 5.57 Å². The van der Waals surface area contributed by atoms with Crippen molar-refractivity contribution in [3.8, 4) is 5.75 Å². The number of piperidine rings is 1. The summed E-state index contributed by atoms with van der Waals surface area (Å²) in [5, 5.41) is 0. The lowest BCUT2D eigenvalue weighted by atomic mass is 10.0. The van der Waals surface area contributed by atoms with Crippen molar-refractivity contribution in [1.82, 2.24) is 9.80 Å². The smallest absolute Gasteiger partial charge is 0.277 e. The van der Waals surface area contributed by atoms with Gasteiger partial charge in [0.05, 0.1) is 12.7 Å². The largest absolute Gasteiger partial charge is 0.496 e. The summed E-state index contributed by atoms with van der Waals surface area (Å²) in [5.74, 6) is 0.304. The molecule has 2 amide bonds. The number of hydrogen-bond acceptors (Lipinski definition) is 4. The summed E-state index contributed by atoms with van der Waals surface area (Å²) in [4.78, 5) is 29.9. The van der Waals surface area contributed by atoms with E-state index in [0.29, 0.717) is 29.1 Å². The lowest BCUT2D eigenvalue weighted by Crippen LogP contribution is -2.37. The topological polar surface area (TPSA) is 49.9 Å². The van der Waals surface area contributed by atoms with Gasteiger partial charge in [0.25, 0.3) is 11.8 Å². The van der Waals surface area contributed by atoms with Gasteiger partial charge in [0.1, 0.15) is 11.4 Å². The number of rotatable bonds is 7. The Morgan fingerprint density at radius 1 is 1.00 bits per heavy atom. The molecule has 0 atom stereocenters. The number of amides is 2. The lowest BCUT2D eigenvalue weighted by Gasteiger charge is -2.29. The van der Waals surface area contributed by atoms with Crippen molar-refractivity contribution in [3.63, 3.8) is 0 Å². The third-order valence-corrected chi connectivity index (χ3v) is 5.18. The number of carbonyl (C=O) groups is 2. The fourth-order valence-electron chi connectivity index (χ4n) is 3.79. The monoisotopic (exact) mass is 356 g/mol. The van der Waals surface area contributed by atoms with E-state index in [1.165, 1.54) is 11.3 Å². The van der Waals surface area contributed by atoms with E-state index in [0.717, 1.165) is 45.2 Å². The zero-order chi connectivity index (χ0) is 18.5. The maximum atomic E-state index is 13.2. The van der Waals surface area contributed by atoms with Crippen molar-refractivity contribution in [2.75, 3.05) is 26.7 Å². The van der Waals surface area contributed by atoms with E-state index < -0.39 is 0 Å². The van der Waals surface area contributed by atoms with Gasteiger partial charge in [-0.15, -0.1) is 0 Å². The highest BCUT2D eigenvalue weighted by atomic mass is 16.5. The van der Waals surface area contributed by atoms with Gasteiger partial charge in [0.15, 0.2) is 0 Å². The Labute approximate surface area is 155 Å². The van der Waals surface area contributed by atoms with Crippen molar-refractivity contribution in [2.45, 2.75) is 45.4 Å². The number of para-hydroxylation sites is 1. The van der Waals surface area contributed by atoms with Crippen LogP contribution in [-0.2, 0) is 9.59 Å². The molecule has 2 aliphatic rings. The Kier molecular flexibility index (Phi) is 5.96. The quantitative estimate of drug-likeness (QED) is 0.555. The van der Waals surface area contributed by atoms with Crippen LogP contribution in [0.4, 0.5) is 0 Å².